The fourth-order valence-corrected chi connectivity index (χ4v) is 4.86. The minimum absolute atomic E-state index is 0.198. The second-order valence-electron chi connectivity index (χ2n) is 8.69. The van der Waals surface area contributed by atoms with Crippen molar-refractivity contribution in [3.8, 4) is 28.7 Å². The quantitative estimate of drug-likeness (QED) is 0.259. The summed E-state index contributed by atoms with van der Waals surface area (Å²) in [5.41, 5.74) is 8.24. The molecule has 0 aliphatic carbocycles. The highest BCUT2D eigenvalue weighted by molar-refractivity contribution is 6.03. The maximum absolute atomic E-state index is 9.74. The zero-order valence-electron chi connectivity index (χ0n) is 18.8. The van der Waals surface area contributed by atoms with E-state index in [1.54, 1.807) is 0 Å². The van der Waals surface area contributed by atoms with Crippen molar-refractivity contribution in [2.45, 2.75) is 19.9 Å². The normalized spacial score (nSPS) is 12.7. The lowest BCUT2D eigenvalue weighted by Crippen LogP contribution is -2.33. The molecule has 0 aromatic heterocycles. The minimum Gasteiger partial charge on any atom is -0.453 e. The molecule has 2 aliphatic rings. The fourth-order valence-electron chi connectivity index (χ4n) is 4.86. The number of anilines is 5. The Morgan fingerprint density at radius 3 is 2.26 bits per heavy atom. The first kappa shape index (κ1) is 19.9. The fraction of sp³-hybridized carbons (Fsp3) is 0.103. The third-order valence-electron chi connectivity index (χ3n) is 6.32. The molecule has 0 N–H and O–H groups in total. The van der Waals surface area contributed by atoms with Crippen LogP contribution in [0.2, 0.25) is 0 Å². The molecular formula is C29H20N4O. The van der Waals surface area contributed by atoms with Gasteiger partial charge in [0.1, 0.15) is 5.69 Å². The van der Waals surface area contributed by atoms with E-state index < -0.39 is 0 Å². The van der Waals surface area contributed by atoms with Crippen LogP contribution in [0.1, 0.15) is 19.4 Å². The first-order chi connectivity index (χ1) is 16.6. The molecular weight excluding hydrogens is 420 g/mol. The van der Waals surface area contributed by atoms with Gasteiger partial charge in [0.25, 0.3) is 0 Å². The summed E-state index contributed by atoms with van der Waals surface area (Å²) in [4.78, 5) is 7.99. The first-order valence-corrected chi connectivity index (χ1v) is 11.2. The summed E-state index contributed by atoms with van der Waals surface area (Å²) in [5.74, 6) is 1.40. The summed E-state index contributed by atoms with van der Waals surface area (Å²) in [6.45, 7) is 11.5. The van der Waals surface area contributed by atoms with Gasteiger partial charge in [-0.2, -0.15) is 5.26 Å². The van der Waals surface area contributed by atoms with Gasteiger partial charge in [0.15, 0.2) is 17.2 Å². The maximum Gasteiger partial charge on any atom is 0.187 e. The monoisotopic (exact) mass is 440 g/mol. The Morgan fingerprint density at radius 2 is 1.56 bits per heavy atom. The van der Waals surface area contributed by atoms with E-state index in [-0.39, 0.29) is 6.04 Å². The van der Waals surface area contributed by atoms with E-state index in [1.807, 2.05) is 54.6 Å². The van der Waals surface area contributed by atoms with E-state index in [2.05, 4.69) is 58.8 Å². The Bertz CT molecular complexity index is 1540. The molecule has 4 aromatic rings. The Morgan fingerprint density at radius 1 is 0.824 bits per heavy atom. The molecule has 162 valence electrons. The average molecular weight is 441 g/mol. The number of hydrogen-bond donors (Lipinski definition) is 0. The van der Waals surface area contributed by atoms with Gasteiger partial charge in [-0.05, 0) is 55.3 Å². The number of benzene rings is 4. The summed E-state index contributed by atoms with van der Waals surface area (Å²) in [6.07, 6.45) is 0. The lowest BCUT2D eigenvalue weighted by atomic mass is 9.98. The number of ether oxygens (including phenoxy) is 1. The van der Waals surface area contributed by atoms with E-state index in [9.17, 15) is 5.26 Å². The van der Waals surface area contributed by atoms with Crippen molar-refractivity contribution in [2.75, 3.05) is 9.80 Å². The molecule has 6 rings (SSSR count). The Balaban J connectivity index is 1.58. The van der Waals surface area contributed by atoms with Crippen LogP contribution in [-0.2, 0) is 0 Å². The van der Waals surface area contributed by atoms with Gasteiger partial charge in [0.2, 0.25) is 0 Å². The third kappa shape index (κ3) is 2.85. The predicted molar refractivity (Wildman–Crippen MR) is 135 cm³/mol. The van der Waals surface area contributed by atoms with E-state index in [0.29, 0.717) is 17.0 Å². The lowest BCUT2D eigenvalue weighted by molar-refractivity contribution is 0.476. The van der Waals surface area contributed by atoms with Crippen LogP contribution in [0.4, 0.5) is 34.1 Å². The highest BCUT2D eigenvalue weighted by Crippen LogP contribution is 2.60. The Labute approximate surface area is 198 Å². The second kappa shape index (κ2) is 7.40. The number of fused-ring (bicyclic) bond motifs is 4. The minimum atomic E-state index is 0.198. The SMILES string of the molecule is [C-]#[N+]c1ccc(-c2ccc3c(c2)Oc2cc(C#N)cc4c2N3c2ccccc2N4C(C)C)cc1. The van der Waals surface area contributed by atoms with E-state index in [4.69, 9.17) is 11.3 Å². The summed E-state index contributed by atoms with van der Waals surface area (Å²) >= 11 is 0. The Kier molecular flexibility index (Phi) is 4.33. The zero-order valence-corrected chi connectivity index (χ0v) is 18.8. The van der Waals surface area contributed by atoms with Gasteiger partial charge >= 0.3 is 0 Å². The van der Waals surface area contributed by atoms with Crippen LogP contribution in [0.15, 0.2) is 78.9 Å². The molecule has 0 spiro atoms. The standard InChI is InChI=1S/C29H20N4O/c1-18(2)32-23-6-4-5-7-24(23)33-25-13-10-21(20-8-11-22(31-3)12-9-20)16-27(25)34-28-15-19(17-30)14-26(32)29(28)33/h4-16,18H,1-2H3. The highest BCUT2D eigenvalue weighted by atomic mass is 16.5. The van der Waals surface area contributed by atoms with Crippen LogP contribution in [0.3, 0.4) is 0 Å². The van der Waals surface area contributed by atoms with E-state index in [0.717, 1.165) is 45.3 Å². The summed E-state index contributed by atoms with van der Waals surface area (Å²) in [5, 5.41) is 9.74. The van der Waals surface area contributed by atoms with Crippen molar-refractivity contribution in [3.63, 3.8) is 0 Å². The van der Waals surface area contributed by atoms with Crippen molar-refractivity contribution in [3.05, 3.63) is 95.8 Å². The molecule has 2 heterocycles. The molecule has 34 heavy (non-hydrogen) atoms. The van der Waals surface area contributed by atoms with Gasteiger partial charge in [0, 0.05) is 12.1 Å². The molecule has 0 saturated carbocycles. The van der Waals surface area contributed by atoms with E-state index >= 15 is 0 Å². The van der Waals surface area contributed by atoms with Gasteiger partial charge in [0.05, 0.1) is 41.0 Å². The van der Waals surface area contributed by atoms with Crippen LogP contribution < -0.4 is 14.5 Å². The number of rotatable bonds is 2. The molecule has 0 amide bonds. The van der Waals surface area contributed by atoms with Gasteiger partial charge in [-0.25, -0.2) is 4.85 Å². The number of nitrogens with zero attached hydrogens (tertiary/aromatic N) is 4. The second-order valence-corrected chi connectivity index (χ2v) is 8.69. The van der Waals surface area contributed by atoms with Crippen LogP contribution in [-0.4, -0.2) is 6.04 Å². The van der Waals surface area contributed by atoms with Gasteiger partial charge in [-0.3, -0.25) is 4.90 Å². The van der Waals surface area contributed by atoms with Crippen molar-refractivity contribution in [2.24, 2.45) is 0 Å². The molecule has 0 saturated heterocycles. The molecule has 0 bridgehead atoms. The first-order valence-electron chi connectivity index (χ1n) is 11.2. The highest BCUT2D eigenvalue weighted by Gasteiger charge is 2.37. The molecule has 0 fully saturated rings. The smallest absolute Gasteiger partial charge is 0.187 e. The predicted octanol–water partition coefficient (Wildman–Crippen LogP) is 8.21. The van der Waals surface area contributed by atoms with Crippen molar-refractivity contribution in [1.82, 2.24) is 0 Å². The van der Waals surface area contributed by atoms with Gasteiger partial charge in [-0.15, -0.1) is 0 Å². The van der Waals surface area contributed by atoms with Crippen molar-refractivity contribution in [1.29, 1.82) is 5.26 Å². The average Bonchev–Trinajstić information content (AvgIpc) is 2.87. The molecule has 4 aromatic carbocycles. The lowest BCUT2D eigenvalue weighted by Gasteiger charge is -2.44. The van der Waals surface area contributed by atoms with Crippen LogP contribution in [0.5, 0.6) is 11.5 Å². The Hall–Kier alpha value is -4.74. The van der Waals surface area contributed by atoms with Crippen LogP contribution in [0.25, 0.3) is 16.0 Å². The molecule has 0 unspecified atom stereocenters. The van der Waals surface area contributed by atoms with Gasteiger partial charge in [-0.1, -0.05) is 42.5 Å². The topological polar surface area (TPSA) is 43.9 Å². The van der Waals surface area contributed by atoms with Crippen molar-refractivity contribution >= 4 is 34.1 Å². The zero-order chi connectivity index (χ0) is 23.4. The number of para-hydroxylation sites is 2. The summed E-state index contributed by atoms with van der Waals surface area (Å²) in [7, 11) is 0. The van der Waals surface area contributed by atoms with Gasteiger partial charge < -0.3 is 9.64 Å². The molecule has 5 heteroatoms. The number of nitriles is 1. The summed E-state index contributed by atoms with van der Waals surface area (Å²) in [6, 6.07) is 28.4. The third-order valence-corrected chi connectivity index (χ3v) is 6.32. The molecule has 0 radical (unpaired) electrons. The number of hydrogen-bond acceptors (Lipinski definition) is 4. The van der Waals surface area contributed by atoms with Crippen LogP contribution in [0, 0.1) is 17.9 Å². The molecule has 0 atom stereocenters. The van der Waals surface area contributed by atoms with Crippen LogP contribution >= 0.6 is 0 Å². The largest absolute Gasteiger partial charge is 0.453 e. The molecule has 2 aliphatic heterocycles. The van der Waals surface area contributed by atoms with Crippen molar-refractivity contribution < 1.29 is 4.74 Å². The summed E-state index contributed by atoms with van der Waals surface area (Å²) < 4.78 is 6.45. The maximum atomic E-state index is 9.74. The van der Waals surface area contributed by atoms with E-state index in [1.165, 1.54) is 0 Å². The molecule has 5 nitrogen and oxygen atoms in total.